The van der Waals surface area contributed by atoms with Crippen molar-refractivity contribution in [2.45, 2.75) is 39.4 Å². The van der Waals surface area contributed by atoms with Crippen LogP contribution in [0.3, 0.4) is 0 Å². The van der Waals surface area contributed by atoms with E-state index in [-0.39, 0.29) is 0 Å². The molecule has 2 N–H and O–H groups in total. The predicted octanol–water partition coefficient (Wildman–Crippen LogP) is 2.49. The van der Waals surface area contributed by atoms with Gasteiger partial charge in [-0.15, -0.1) is 0 Å². The number of rotatable bonds is 2. The molecule has 0 aromatic heterocycles. The summed E-state index contributed by atoms with van der Waals surface area (Å²) in [6, 6.07) is 11.4. The van der Waals surface area contributed by atoms with Gasteiger partial charge in [0, 0.05) is 25.2 Å². The zero-order valence-corrected chi connectivity index (χ0v) is 11.1. The largest absolute Gasteiger partial charge is 0.326 e. The number of hydrogen-bond donors (Lipinski definition) is 1. The van der Waals surface area contributed by atoms with Gasteiger partial charge in [-0.2, -0.15) is 0 Å². The first kappa shape index (κ1) is 12.6. The van der Waals surface area contributed by atoms with Crippen LogP contribution in [0.15, 0.2) is 30.3 Å². The van der Waals surface area contributed by atoms with E-state index in [2.05, 4.69) is 56.0 Å². The standard InChI is InChI=1S/C15H24N2/c1-11-9-17(13(3)15(16)12(11)2)10-14-7-5-4-6-8-14/h4-8,11-13,15H,9-10,16H2,1-3H3/t11-,12-,13-,15+/m1/s1. The van der Waals surface area contributed by atoms with E-state index in [0.717, 1.165) is 13.1 Å². The second kappa shape index (κ2) is 5.19. The quantitative estimate of drug-likeness (QED) is 0.849. The third kappa shape index (κ3) is 2.70. The predicted molar refractivity (Wildman–Crippen MR) is 72.6 cm³/mol. The Kier molecular flexibility index (Phi) is 3.85. The van der Waals surface area contributed by atoms with Gasteiger partial charge in [-0.3, -0.25) is 4.90 Å². The van der Waals surface area contributed by atoms with Gasteiger partial charge in [0.15, 0.2) is 0 Å². The van der Waals surface area contributed by atoms with E-state index in [9.17, 15) is 0 Å². The molecule has 4 atom stereocenters. The summed E-state index contributed by atoms with van der Waals surface area (Å²) in [6.07, 6.45) is 0. The molecule has 2 heteroatoms. The van der Waals surface area contributed by atoms with Crippen LogP contribution in [-0.2, 0) is 6.54 Å². The Labute approximate surface area is 105 Å². The summed E-state index contributed by atoms with van der Waals surface area (Å²) >= 11 is 0. The highest BCUT2D eigenvalue weighted by atomic mass is 15.2. The summed E-state index contributed by atoms with van der Waals surface area (Å²) in [5.74, 6) is 1.31. The van der Waals surface area contributed by atoms with Crippen LogP contribution in [0, 0.1) is 11.8 Å². The molecule has 0 saturated carbocycles. The summed E-state index contributed by atoms with van der Waals surface area (Å²) in [7, 11) is 0. The first-order valence-corrected chi connectivity index (χ1v) is 6.63. The molecule has 2 nitrogen and oxygen atoms in total. The zero-order chi connectivity index (χ0) is 12.4. The van der Waals surface area contributed by atoms with Crippen molar-refractivity contribution in [3.8, 4) is 0 Å². The van der Waals surface area contributed by atoms with E-state index >= 15 is 0 Å². The number of hydrogen-bond acceptors (Lipinski definition) is 2. The zero-order valence-electron chi connectivity index (χ0n) is 11.1. The highest BCUT2D eigenvalue weighted by Crippen LogP contribution is 2.27. The molecule has 0 unspecified atom stereocenters. The smallest absolute Gasteiger partial charge is 0.0237 e. The molecule has 0 spiro atoms. The first-order valence-electron chi connectivity index (χ1n) is 6.63. The Morgan fingerprint density at radius 3 is 2.47 bits per heavy atom. The van der Waals surface area contributed by atoms with E-state index in [4.69, 9.17) is 5.73 Å². The van der Waals surface area contributed by atoms with Crippen LogP contribution in [0.25, 0.3) is 0 Å². The maximum absolute atomic E-state index is 6.31. The van der Waals surface area contributed by atoms with Gasteiger partial charge in [0.05, 0.1) is 0 Å². The lowest BCUT2D eigenvalue weighted by molar-refractivity contribution is 0.0586. The second-order valence-corrected chi connectivity index (χ2v) is 5.57. The highest BCUT2D eigenvalue weighted by Gasteiger charge is 2.34. The average Bonchev–Trinajstić information content (AvgIpc) is 2.35. The molecule has 1 aliphatic heterocycles. The molecule has 1 fully saturated rings. The normalized spacial score (nSPS) is 34.8. The minimum atomic E-state index is 0.294. The maximum atomic E-state index is 6.31. The van der Waals surface area contributed by atoms with Crippen molar-refractivity contribution in [3.63, 3.8) is 0 Å². The molecule has 1 aromatic carbocycles. The Bertz CT molecular complexity index is 349. The summed E-state index contributed by atoms with van der Waals surface area (Å²) in [5, 5.41) is 0. The lowest BCUT2D eigenvalue weighted by Gasteiger charge is -2.45. The van der Waals surface area contributed by atoms with Crippen molar-refractivity contribution in [1.82, 2.24) is 4.90 Å². The summed E-state index contributed by atoms with van der Waals surface area (Å²) < 4.78 is 0. The molecule has 1 saturated heterocycles. The number of benzene rings is 1. The second-order valence-electron chi connectivity index (χ2n) is 5.57. The van der Waals surface area contributed by atoms with Crippen molar-refractivity contribution in [1.29, 1.82) is 0 Å². The fourth-order valence-corrected chi connectivity index (χ4v) is 2.79. The molecular weight excluding hydrogens is 208 g/mol. The Balaban J connectivity index is 2.06. The number of nitrogens with zero attached hydrogens (tertiary/aromatic N) is 1. The molecular formula is C15H24N2. The Hall–Kier alpha value is -0.860. The summed E-state index contributed by atoms with van der Waals surface area (Å²) in [4.78, 5) is 2.52. The van der Waals surface area contributed by atoms with Gasteiger partial charge in [0.1, 0.15) is 0 Å². The summed E-state index contributed by atoms with van der Waals surface area (Å²) in [5.41, 5.74) is 7.70. The molecule has 0 aliphatic carbocycles. The van der Waals surface area contributed by atoms with Crippen molar-refractivity contribution in [3.05, 3.63) is 35.9 Å². The monoisotopic (exact) mass is 232 g/mol. The number of likely N-dealkylation sites (tertiary alicyclic amines) is 1. The first-order chi connectivity index (χ1) is 8.09. The van der Waals surface area contributed by atoms with Crippen LogP contribution in [0.5, 0.6) is 0 Å². The van der Waals surface area contributed by atoms with Crippen LogP contribution in [0.4, 0.5) is 0 Å². The molecule has 1 aromatic rings. The third-order valence-corrected chi connectivity index (χ3v) is 4.39. The molecule has 17 heavy (non-hydrogen) atoms. The molecule has 1 heterocycles. The Morgan fingerprint density at radius 2 is 1.82 bits per heavy atom. The van der Waals surface area contributed by atoms with Gasteiger partial charge in [0.25, 0.3) is 0 Å². The van der Waals surface area contributed by atoms with Crippen molar-refractivity contribution in [2.24, 2.45) is 17.6 Å². The van der Waals surface area contributed by atoms with Gasteiger partial charge in [-0.1, -0.05) is 44.2 Å². The van der Waals surface area contributed by atoms with E-state index in [1.807, 2.05) is 0 Å². The fraction of sp³-hybridized carbons (Fsp3) is 0.600. The molecule has 0 radical (unpaired) electrons. The van der Waals surface area contributed by atoms with E-state index in [0.29, 0.717) is 23.9 Å². The Morgan fingerprint density at radius 1 is 1.18 bits per heavy atom. The molecule has 0 amide bonds. The molecule has 1 aliphatic rings. The van der Waals surface area contributed by atoms with Crippen LogP contribution < -0.4 is 5.73 Å². The fourth-order valence-electron chi connectivity index (χ4n) is 2.79. The van der Waals surface area contributed by atoms with E-state index in [1.165, 1.54) is 5.56 Å². The van der Waals surface area contributed by atoms with Gasteiger partial charge >= 0.3 is 0 Å². The number of piperidine rings is 1. The van der Waals surface area contributed by atoms with Crippen LogP contribution in [-0.4, -0.2) is 23.5 Å². The lowest BCUT2D eigenvalue weighted by Crippen LogP contribution is -2.56. The third-order valence-electron chi connectivity index (χ3n) is 4.39. The van der Waals surface area contributed by atoms with Crippen molar-refractivity contribution in [2.75, 3.05) is 6.54 Å². The van der Waals surface area contributed by atoms with E-state index < -0.39 is 0 Å². The molecule has 2 rings (SSSR count). The van der Waals surface area contributed by atoms with Gasteiger partial charge in [0.2, 0.25) is 0 Å². The van der Waals surface area contributed by atoms with Crippen molar-refractivity contribution < 1.29 is 0 Å². The number of nitrogens with two attached hydrogens (primary N) is 1. The minimum Gasteiger partial charge on any atom is -0.326 e. The lowest BCUT2D eigenvalue weighted by atomic mass is 9.81. The maximum Gasteiger partial charge on any atom is 0.0237 e. The minimum absolute atomic E-state index is 0.294. The SMILES string of the molecule is C[C@H]1[C@H](N)[C@@H](C)N(Cc2ccccc2)C[C@H]1C. The van der Waals surface area contributed by atoms with Gasteiger partial charge < -0.3 is 5.73 Å². The van der Waals surface area contributed by atoms with Gasteiger partial charge in [-0.05, 0) is 24.3 Å². The van der Waals surface area contributed by atoms with Crippen LogP contribution in [0.2, 0.25) is 0 Å². The highest BCUT2D eigenvalue weighted by molar-refractivity contribution is 5.15. The molecule has 0 bridgehead atoms. The topological polar surface area (TPSA) is 29.3 Å². The van der Waals surface area contributed by atoms with Crippen molar-refractivity contribution >= 4 is 0 Å². The van der Waals surface area contributed by atoms with Crippen LogP contribution >= 0.6 is 0 Å². The van der Waals surface area contributed by atoms with Crippen LogP contribution in [0.1, 0.15) is 26.3 Å². The summed E-state index contributed by atoms with van der Waals surface area (Å²) in [6.45, 7) is 9.04. The average molecular weight is 232 g/mol. The van der Waals surface area contributed by atoms with E-state index in [1.54, 1.807) is 0 Å². The van der Waals surface area contributed by atoms with Gasteiger partial charge in [-0.25, -0.2) is 0 Å². The molecule has 94 valence electrons.